The van der Waals surface area contributed by atoms with Gasteiger partial charge >= 0.3 is 18.0 Å². The number of aromatic nitrogens is 3. The van der Waals surface area contributed by atoms with Crippen LogP contribution in [0.2, 0.25) is 0 Å². The van der Waals surface area contributed by atoms with E-state index in [-0.39, 0.29) is 41.7 Å². The topological polar surface area (TPSA) is 261 Å². The molecule has 6 saturated carbocycles. The van der Waals surface area contributed by atoms with E-state index in [1.54, 1.807) is 174 Å². The Labute approximate surface area is 692 Å². The van der Waals surface area contributed by atoms with Gasteiger partial charge in [-0.1, -0.05) is 218 Å². The fourth-order valence-electron chi connectivity index (χ4n) is 17.3. The fraction of sp³-hybridized carbons (Fsp3) is 0.364. The molecule has 0 saturated heterocycles. The quantitative estimate of drug-likeness (QED) is 0.0439. The van der Waals surface area contributed by atoms with Crippen molar-refractivity contribution in [2.24, 2.45) is 64.2 Å². The Bertz CT molecular complexity index is 4620. The molecule has 604 valence electrons. The molecule has 6 aliphatic rings. The zero-order valence-electron chi connectivity index (χ0n) is 68.6. The van der Waals surface area contributed by atoms with Crippen LogP contribution in [-0.2, 0) is 21.0 Å². The van der Waals surface area contributed by atoms with Crippen molar-refractivity contribution < 1.29 is 42.7 Å². The summed E-state index contributed by atoms with van der Waals surface area (Å²) in [5, 5.41) is 41.9. The highest BCUT2D eigenvalue weighted by molar-refractivity contribution is 5.52. The van der Waals surface area contributed by atoms with E-state index in [1.165, 1.54) is 47.3 Å². The zero-order valence-corrected chi connectivity index (χ0v) is 68.6. The van der Waals surface area contributed by atoms with Crippen LogP contribution in [0.1, 0.15) is 188 Å². The summed E-state index contributed by atoms with van der Waals surface area (Å²) in [7, 11) is 0. The number of ether oxygens (including phenoxy) is 8. The summed E-state index contributed by atoms with van der Waals surface area (Å²) in [5.74, 6) is 15.7. The molecule has 1 aromatic heterocycles. The highest BCUT2D eigenvalue weighted by atomic mass is 16.5. The van der Waals surface area contributed by atoms with Crippen molar-refractivity contribution in [3.8, 4) is 95.3 Å². The third-order valence-electron chi connectivity index (χ3n) is 23.1. The van der Waals surface area contributed by atoms with E-state index in [0.29, 0.717) is 51.7 Å². The van der Waals surface area contributed by atoms with Crippen molar-refractivity contribution in [3.63, 3.8) is 0 Å². The molecule has 0 aliphatic heterocycles. The number of fused-ring (bicyclic) bond motifs is 10. The lowest BCUT2D eigenvalue weighted by Gasteiger charge is -2.26. The van der Waals surface area contributed by atoms with Crippen molar-refractivity contribution in [2.45, 2.75) is 171 Å². The van der Waals surface area contributed by atoms with E-state index >= 15 is 0 Å². The molecule has 18 heteroatoms. The minimum atomic E-state index is -0.373. The van der Waals surface area contributed by atoms with Crippen molar-refractivity contribution >= 4 is 11.8 Å². The summed E-state index contributed by atoms with van der Waals surface area (Å²) in [5.41, 5.74) is 5.62. The predicted molar refractivity (Wildman–Crippen MR) is 455 cm³/mol. The van der Waals surface area contributed by atoms with Crippen LogP contribution >= 0.6 is 0 Å². The van der Waals surface area contributed by atoms with Crippen LogP contribution in [0.15, 0.2) is 242 Å². The van der Waals surface area contributed by atoms with Gasteiger partial charge in [0.2, 0.25) is 6.08 Å². The number of hydrogen-bond acceptors (Lipinski definition) is 18. The normalized spacial score (nSPS) is 19.3. The number of aliphatic imine (C=N–C) groups is 1. The molecule has 9 aromatic carbocycles. The van der Waals surface area contributed by atoms with Gasteiger partial charge in [0.1, 0.15) is 46.0 Å². The molecule has 4 bridgehead atoms. The van der Waals surface area contributed by atoms with Gasteiger partial charge < -0.3 is 37.9 Å². The monoisotopic (exact) mass is 1570 g/mol. The summed E-state index contributed by atoms with van der Waals surface area (Å²) >= 11 is 0. The van der Waals surface area contributed by atoms with E-state index in [2.05, 4.69) is 89.5 Å². The Morgan fingerprint density at radius 1 is 0.308 bits per heavy atom. The Balaban J connectivity index is 0.000000247. The third kappa shape index (κ3) is 24.6. The first-order valence-corrected chi connectivity index (χ1v) is 40.2. The molecule has 6 aliphatic carbocycles. The van der Waals surface area contributed by atoms with Gasteiger partial charge in [0, 0.05) is 16.2 Å². The standard InChI is InChI=1S/C51H42N6O6.2C11H18.3C7H5NO.2C2H6.CH4/c1-49(2,34-7-19-40(20-8-34)54-33-58)37-13-25-43(26-14-37)61-46-55-47(62-44-27-15-38(16-28-44)50(3,4)35-9-21-41(22-10-35)59-31-52)57-48(56-46)63-45-29-17-39(18-30-45)51(5,6)36-11-23-42(24-12-36)60-32-53;2*1-7-4-10-8-2-3-9(6-8)11(10)5-7;3*8-6-9-7-4-2-1-3-5-7;2*1-2;/h7-30H,1-6H3;2*7-11H,2-6H2,1H3;3*1-5H;2*1-2H3;1H4. The Kier molecular flexibility index (Phi) is 33.9. The molecule has 10 aromatic rings. The molecule has 16 rings (SSSR count). The summed E-state index contributed by atoms with van der Waals surface area (Å²) < 4.78 is 42.0. The highest BCUT2D eigenvalue weighted by Crippen LogP contribution is 2.61. The average Bonchev–Trinajstić information content (AvgIpc) is 1.65. The second kappa shape index (κ2) is 44.2. The van der Waals surface area contributed by atoms with Crippen molar-refractivity contribution in [1.29, 1.82) is 26.3 Å². The van der Waals surface area contributed by atoms with Gasteiger partial charge in [-0.2, -0.15) is 4.99 Å². The highest BCUT2D eigenvalue weighted by Gasteiger charge is 2.52. The van der Waals surface area contributed by atoms with Crippen LogP contribution in [0, 0.1) is 117 Å². The molecule has 18 nitrogen and oxygen atoms in total. The lowest BCUT2D eigenvalue weighted by atomic mass is 9.78. The van der Waals surface area contributed by atoms with Crippen LogP contribution in [0.25, 0.3) is 0 Å². The first kappa shape index (κ1) is 89.8. The van der Waals surface area contributed by atoms with Crippen LogP contribution in [-0.4, -0.2) is 21.0 Å². The van der Waals surface area contributed by atoms with E-state index < -0.39 is 0 Å². The minimum absolute atomic E-state index is 0. The van der Waals surface area contributed by atoms with Crippen LogP contribution in [0.4, 0.5) is 5.69 Å². The van der Waals surface area contributed by atoms with Crippen molar-refractivity contribution in [2.75, 3.05) is 0 Å². The predicted octanol–water partition coefficient (Wildman–Crippen LogP) is 25.4. The summed E-state index contributed by atoms with van der Waals surface area (Å²) in [4.78, 5) is 27.9. The SMILES string of the molecule is C.CC.CC.CC(C)(c1ccc(N=C=O)cc1)c1ccc(Oc2nc(Oc3ccc(C(C)(C)c4ccc(OC#N)cc4)cc3)nc(Oc3ccc(C(C)(C)c4ccc(OC#N)cc4)cc3)n2)cc1.CC1CC2C3CCC(C3)C2C1.CC1CC2C3CCC(C3)C2C1.N#COc1ccccc1.N#COc1ccccc1.N#COc1ccccc1. The van der Waals surface area contributed by atoms with E-state index in [4.69, 9.17) is 50.0 Å². The van der Waals surface area contributed by atoms with Crippen LogP contribution in [0.5, 0.6) is 64.0 Å². The van der Waals surface area contributed by atoms with Gasteiger partial charge in [-0.05, 0) is 266 Å². The summed E-state index contributed by atoms with van der Waals surface area (Å²) in [6, 6.07) is 71.8. The second-order valence-electron chi connectivity index (χ2n) is 31.1. The minimum Gasteiger partial charge on any atom is -0.424 e. The Morgan fingerprint density at radius 2 is 0.513 bits per heavy atom. The van der Waals surface area contributed by atoms with Crippen molar-refractivity contribution in [3.05, 3.63) is 270 Å². The van der Waals surface area contributed by atoms with Crippen LogP contribution < -0.4 is 37.9 Å². The fourth-order valence-corrected chi connectivity index (χ4v) is 17.3. The molecule has 8 atom stereocenters. The molecular formula is C99H109N9O9. The molecule has 0 N–H and O–H groups in total. The van der Waals surface area contributed by atoms with Gasteiger partial charge in [0.05, 0.1) is 5.69 Å². The molecule has 0 radical (unpaired) electrons. The van der Waals surface area contributed by atoms with Crippen molar-refractivity contribution in [1.82, 2.24) is 15.0 Å². The first-order valence-electron chi connectivity index (χ1n) is 40.2. The number of isocyanates is 1. The van der Waals surface area contributed by atoms with Gasteiger partial charge in [-0.15, -0.1) is 41.3 Å². The molecule has 8 unspecified atom stereocenters. The van der Waals surface area contributed by atoms with E-state index in [1.807, 2.05) is 191 Å². The molecule has 0 amide bonds. The second-order valence-corrected chi connectivity index (χ2v) is 31.1. The number of hydrogen-bond donors (Lipinski definition) is 0. The number of nitriles is 5. The summed E-state index contributed by atoms with van der Waals surface area (Å²) in [6.07, 6.45) is 25.6. The zero-order chi connectivity index (χ0) is 83.0. The smallest absolute Gasteiger partial charge is 0.331 e. The Hall–Kier alpha value is -12.8. The molecule has 117 heavy (non-hydrogen) atoms. The molecule has 1 heterocycles. The maximum Gasteiger partial charge on any atom is 0.331 e. The van der Waals surface area contributed by atoms with Gasteiger partial charge in [-0.3, -0.25) is 0 Å². The molecule has 0 spiro atoms. The third-order valence-corrected chi connectivity index (χ3v) is 23.1. The van der Waals surface area contributed by atoms with E-state index in [0.717, 1.165) is 45.2 Å². The summed E-state index contributed by atoms with van der Waals surface area (Å²) in [6.45, 7) is 25.6. The average molecular weight is 1570 g/mol. The van der Waals surface area contributed by atoms with Gasteiger partial charge in [0.25, 0.3) is 31.3 Å². The maximum atomic E-state index is 10.7. The molecular weight excluding hydrogens is 1460 g/mol. The number of rotatable bonds is 18. The maximum absolute atomic E-state index is 10.7. The Morgan fingerprint density at radius 3 is 0.726 bits per heavy atom. The molecule has 6 fully saturated rings. The lowest BCUT2D eigenvalue weighted by molar-refractivity contribution is 0.259. The van der Waals surface area contributed by atoms with E-state index in [9.17, 15) is 4.79 Å². The lowest BCUT2D eigenvalue weighted by Crippen LogP contribution is -2.18. The largest absolute Gasteiger partial charge is 0.424 e. The first-order chi connectivity index (χ1) is 56.3. The number of carbonyl (C=O) groups excluding carboxylic acids is 1. The van der Waals surface area contributed by atoms with Crippen LogP contribution in [0.3, 0.4) is 0 Å². The van der Waals surface area contributed by atoms with Gasteiger partial charge in [-0.25, -0.2) is 4.79 Å². The number of para-hydroxylation sites is 3. The van der Waals surface area contributed by atoms with Gasteiger partial charge in [0.15, 0.2) is 0 Å². The number of benzene rings is 9. The number of nitrogens with zero attached hydrogens (tertiary/aromatic N) is 9.